The Morgan fingerprint density at radius 2 is 1.69 bits per heavy atom. The molecule has 2 atom stereocenters. The van der Waals surface area contributed by atoms with E-state index in [2.05, 4.69) is 0 Å². The number of hydrogen-bond acceptors (Lipinski definition) is 5. The quantitative estimate of drug-likeness (QED) is 0.359. The molecule has 1 fully saturated rings. The Hall–Kier alpha value is -3.87. The number of nitro groups is 1. The van der Waals surface area contributed by atoms with Gasteiger partial charge in [-0.3, -0.25) is 19.8 Å². The van der Waals surface area contributed by atoms with Crippen LogP contribution in [0.3, 0.4) is 0 Å². The first kappa shape index (κ1) is 18.5. The van der Waals surface area contributed by atoms with Crippen molar-refractivity contribution in [2.45, 2.75) is 12.1 Å². The number of hydrogen-bond donors (Lipinski definition) is 0. The van der Waals surface area contributed by atoms with Gasteiger partial charge < -0.3 is 9.47 Å². The fraction of sp³-hybridized carbons (Fsp3) is 0.136. The summed E-state index contributed by atoms with van der Waals surface area (Å²) in [6, 6.07) is 22.0. The van der Waals surface area contributed by atoms with Crippen LogP contribution in [0.1, 0.15) is 11.6 Å². The number of β-lactam (4-membered cyclic amide) rings is 1. The second-order valence-electron chi connectivity index (χ2n) is 6.52. The number of methoxy groups -OCH3 is 1. The van der Waals surface area contributed by atoms with E-state index >= 15 is 0 Å². The van der Waals surface area contributed by atoms with Crippen LogP contribution in [0.4, 0.5) is 11.4 Å². The number of ether oxygens (including phenoxy) is 2. The van der Waals surface area contributed by atoms with Gasteiger partial charge in [-0.1, -0.05) is 42.5 Å². The Bertz CT molecular complexity index is 1050. The molecule has 1 heterocycles. The van der Waals surface area contributed by atoms with Crippen molar-refractivity contribution in [2.75, 3.05) is 12.0 Å². The van der Waals surface area contributed by atoms with Gasteiger partial charge in [-0.15, -0.1) is 0 Å². The predicted octanol–water partition coefficient (Wildman–Crippen LogP) is 4.14. The molecule has 1 aliphatic rings. The monoisotopic (exact) mass is 390 g/mol. The standard InChI is InChI=1S/C22H18N2O5/c1-28-19-13-6-5-12-18(19)20-21(29-17-10-3-2-4-11-17)22(25)23(20)15-8-7-9-16(14-15)24(26)27/h2-14,20-21H,1H3. The van der Waals surface area contributed by atoms with Gasteiger partial charge in [-0.05, 0) is 24.3 Å². The molecule has 0 radical (unpaired) electrons. The van der Waals surface area contributed by atoms with Crippen molar-refractivity contribution in [3.05, 3.63) is 94.5 Å². The first-order chi connectivity index (χ1) is 14.1. The molecule has 0 saturated carbocycles. The minimum absolute atomic E-state index is 0.0819. The third-order valence-electron chi connectivity index (χ3n) is 4.83. The zero-order valence-electron chi connectivity index (χ0n) is 15.6. The lowest BCUT2D eigenvalue weighted by atomic mass is 9.89. The zero-order valence-corrected chi connectivity index (χ0v) is 15.6. The Labute approximate surface area is 167 Å². The molecule has 0 spiro atoms. The molecule has 7 nitrogen and oxygen atoms in total. The van der Waals surface area contributed by atoms with Gasteiger partial charge in [0.15, 0.2) is 0 Å². The molecule has 1 aliphatic heterocycles. The van der Waals surface area contributed by atoms with Gasteiger partial charge in [0.2, 0.25) is 6.10 Å². The highest BCUT2D eigenvalue weighted by Gasteiger charge is 2.52. The van der Waals surface area contributed by atoms with E-state index in [-0.39, 0.29) is 11.6 Å². The largest absolute Gasteiger partial charge is 0.496 e. The van der Waals surface area contributed by atoms with Crippen molar-refractivity contribution in [1.82, 2.24) is 0 Å². The van der Waals surface area contributed by atoms with Crippen LogP contribution in [0, 0.1) is 10.1 Å². The summed E-state index contributed by atoms with van der Waals surface area (Å²) in [5.41, 5.74) is 1.12. The molecule has 2 unspecified atom stereocenters. The molecule has 3 aromatic rings. The van der Waals surface area contributed by atoms with Crippen molar-refractivity contribution in [2.24, 2.45) is 0 Å². The third-order valence-corrected chi connectivity index (χ3v) is 4.83. The number of carbonyl (C=O) groups excluding carboxylic acids is 1. The summed E-state index contributed by atoms with van der Waals surface area (Å²) in [4.78, 5) is 25.2. The fourth-order valence-electron chi connectivity index (χ4n) is 3.48. The minimum atomic E-state index is -0.770. The Morgan fingerprint density at radius 1 is 0.966 bits per heavy atom. The zero-order chi connectivity index (χ0) is 20.4. The van der Waals surface area contributed by atoms with Crippen molar-refractivity contribution < 1.29 is 19.2 Å². The number of nitro benzene ring substituents is 1. The number of amides is 1. The first-order valence-corrected chi connectivity index (χ1v) is 9.02. The number of para-hydroxylation sites is 2. The summed E-state index contributed by atoms with van der Waals surface area (Å²) in [6.45, 7) is 0. The van der Waals surface area contributed by atoms with Gasteiger partial charge in [-0.2, -0.15) is 0 Å². The van der Waals surface area contributed by atoms with Crippen molar-refractivity contribution >= 4 is 17.3 Å². The van der Waals surface area contributed by atoms with Crippen LogP contribution in [0.5, 0.6) is 11.5 Å². The summed E-state index contributed by atoms with van der Waals surface area (Å²) < 4.78 is 11.5. The lowest BCUT2D eigenvalue weighted by molar-refractivity contribution is -0.384. The summed E-state index contributed by atoms with van der Waals surface area (Å²) in [5, 5.41) is 11.2. The summed E-state index contributed by atoms with van der Waals surface area (Å²) >= 11 is 0. The SMILES string of the molecule is COc1ccccc1C1C(Oc2ccccc2)C(=O)N1c1cccc([N+](=O)[O-])c1. The molecule has 0 bridgehead atoms. The van der Waals surface area contributed by atoms with Crippen LogP contribution in [-0.4, -0.2) is 24.0 Å². The van der Waals surface area contributed by atoms with E-state index in [1.54, 1.807) is 31.4 Å². The second kappa shape index (κ2) is 7.63. The van der Waals surface area contributed by atoms with Crippen LogP contribution >= 0.6 is 0 Å². The van der Waals surface area contributed by atoms with Crippen LogP contribution in [0.2, 0.25) is 0 Å². The molecule has 146 valence electrons. The predicted molar refractivity (Wildman–Crippen MR) is 107 cm³/mol. The van der Waals surface area contributed by atoms with Gasteiger partial charge in [0, 0.05) is 17.7 Å². The molecule has 7 heteroatoms. The second-order valence-corrected chi connectivity index (χ2v) is 6.52. The summed E-state index contributed by atoms with van der Waals surface area (Å²) in [6.07, 6.45) is -0.770. The highest BCUT2D eigenvalue weighted by molar-refractivity contribution is 6.05. The first-order valence-electron chi connectivity index (χ1n) is 9.02. The van der Waals surface area contributed by atoms with E-state index in [9.17, 15) is 14.9 Å². The Kier molecular flexibility index (Phi) is 4.87. The maximum absolute atomic E-state index is 13.0. The highest BCUT2D eigenvalue weighted by Crippen LogP contribution is 2.44. The number of carbonyl (C=O) groups is 1. The van der Waals surface area contributed by atoms with Crippen molar-refractivity contribution in [3.63, 3.8) is 0 Å². The van der Waals surface area contributed by atoms with Gasteiger partial charge in [0.25, 0.3) is 11.6 Å². The van der Waals surface area contributed by atoms with Crippen LogP contribution in [-0.2, 0) is 4.79 Å². The molecule has 0 N–H and O–H groups in total. The van der Waals surface area contributed by atoms with Crippen molar-refractivity contribution in [1.29, 1.82) is 0 Å². The van der Waals surface area contributed by atoms with E-state index in [1.165, 1.54) is 17.0 Å². The molecule has 4 rings (SSSR count). The molecule has 1 saturated heterocycles. The molecular formula is C22H18N2O5. The molecule has 0 aromatic heterocycles. The smallest absolute Gasteiger partial charge is 0.271 e. The number of rotatable bonds is 6. The molecule has 3 aromatic carbocycles. The topological polar surface area (TPSA) is 81.9 Å². The van der Waals surface area contributed by atoms with E-state index in [4.69, 9.17) is 9.47 Å². The van der Waals surface area contributed by atoms with E-state index in [0.29, 0.717) is 17.2 Å². The van der Waals surface area contributed by atoms with Crippen LogP contribution in [0.15, 0.2) is 78.9 Å². The van der Waals surface area contributed by atoms with E-state index in [0.717, 1.165) is 5.56 Å². The van der Waals surface area contributed by atoms with Gasteiger partial charge in [0.1, 0.15) is 17.5 Å². The maximum Gasteiger partial charge on any atom is 0.271 e. The molecule has 29 heavy (non-hydrogen) atoms. The number of non-ortho nitro benzene ring substituents is 1. The Balaban J connectivity index is 1.75. The number of nitrogens with zero attached hydrogens (tertiary/aromatic N) is 2. The lowest BCUT2D eigenvalue weighted by Crippen LogP contribution is -2.61. The number of anilines is 1. The molecule has 0 aliphatic carbocycles. The molecular weight excluding hydrogens is 372 g/mol. The van der Waals surface area contributed by atoms with E-state index < -0.39 is 17.1 Å². The van der Waals surface area contributed by atoms with Gasteiger partial charge in [0.05, 0.1) is 17.7 Å². The maximum atomic E-state index is 13.0. The van der Waals surface area contributed by atoms with Gasteiger partial charge in [-0.25, -0.2) is 0 Å². The molecule has 1 amide bonds. The summed E-state index contributed by atoms with van der Waals surface area (Å²) in [5.74, 6) is 0.914. The van der Waals surface area contributed by atoms with E-state index in [1.807, 2.05) is 42.5 Å². The number of benzene rings is 3. The average Bonchev–Trinajstić information content (AvgIpc) is 2.76. The third kappa shape index (κ3) is 3.38. The average molecular weight is 390 g/mol. The Morgan fingerprint density at radius 3 is 2.41 bits per heavy atom. The fourth-order valence-corrected chi connectivity index (χ4v) is 3.48. The van der Waals surface area contributed by atoms with Crippen LogP contribution in [0.25, 0.3) is 0 Å². The normalized spacial score (nSPS) is 18.1. The summed E-state index contributed by atoms with van der Waals surface area (Å²) in [7, 11) is 1.56. The van der Waals surface area contributed by atoms with Crippen LogP contribution < -0.4 is 14.4 Å². The van der Waals surface area contributed by atoms with Gasteiger partial charge >= 0.3 is 0 Å². The minimum Gasteiger partial charge on any atom is -0.496 e. The van der Waals surface area contributed by atoms with Crippen molar-refractivity contribution in [3.8, 4) is 11.5 Å². The lowest BCUT2D eigenvalue weighted by Gasteiger charge is -2.46. The highest BCUT2D eigenvalue weighted by atomic mass is 16.6.